The molecule has 0 atom stereocenters. The van der Waals surface area contributed by atoms with Gasteiger partial charge in [-0.1, -0.05) is 19.1 Å². The van der Waals surface area contributed by atoms with Crippen LogP contribution in [0.2, 0.25) is 0 Å². The van der Waals surface area contributed by atoms with E-state index in [1.54, 1.807) is 40.5 Å². The lowest BCUT2D eigenvalue weighted by atomic mass is 10.2. The predicted molar refractivity (Wildman–Crippen MR) is 117 cm³/mol. The summed E-state index contributed by atoms with van der Waals surface area (Å²) in [5.41, 5.74) is 1.89. The van der Waals surface area contributed by atoms with Crippen LogP contribution in [0.4, 0.5) is 4.39 Å². The van der Waals surface area contributed by atoms with Gasteiger partial charge in [-0.3, -0.25) is 4.79 Å². The molecule has 7 nitrogen and oxygen atoms in total. The van der Waals surface area contributed by atoms with E-state index in [0.717, 1.165) is 10.6 Å². The number of carbonyl (C=O) groups excluding carboxylic acids is 1. The summed E-state index contributed by atoms with van der Waals surface area (Å²) < 4.78 is 20.4. The Morgan fingerprint density at radius 2 is 1.90 bits per heavy atom. The summed E-state index contributed by atoms with van der Waals surface area (Å²) in [6.45, 7) is 2.63. The van der Waals surface area contributed by atoms with E-state index >= 15 is 0 Å². The Bertz CT molecular complexity index is 1200. The molecule has 158 valence electrons. The van der Waals surface area contributed by atoms with Crippen molar-refractivity contribution >= 4 is 23.3 Å². The van der Waals surface area contributed by atoms with Gasteiger partial charge in [0.05, 0.1) is 12.1 Å². The molecule has 0 fully saturated rings. The first-order valence-electron chi connectivity index (χ1n) is 9.77. The third-order valence-electron chi connectivity index (χ3n) is 4.41. The third-order valence-corrected chi connectivity index (χ3v) is 5.37. The highest BCUT2D eigenvalue weighted by atomic mass is 32.2. The molecular weight excluding hydrogens is 417 g/mol. The first kappa shape index (κ1) is 20.8. The van der Waals surface area contributed by atoms with Gasteiger partial charge >= 0.3 is 0 Å². The van der Waals surface area contributed by atoms with Gasteiger partial charge < -0.3 is 10.1 Å². The molecule has 0 saturated heterocycles. The van der Waals surface area contributed by atoms with E-state index in [2.05, 4.69) is 20.6 Å². The zero-order chi connectivity index (χ0) is 21.6. The van der Waals surface area contributed by atoms with Gasteiger partial charge in [-0.2, -0.15) is 4.52 Å². The number of fused-ring (bicyclic) bond motifs is 1. The quantitative estimate of drug-likeness (QED) is 0.333. The van der Waals surface area contributed by atoms with Crippen LogP contribution in [0.25, 0.3) is 17.0 Å². The number of nitrogens with zero attached hydrogens (tertiary/aromatic N) is 4. The van der Waals surface area contributed by atoms with Crippen LogP contribution in [0.3, 0.4) is 0 Å². The lowest BCUT2D eigenvalue weighted by Crippen LogP contribution is -2.28. The molecule has 2 aromatic heterocycles. The topological polar surface area (TPSA) is 81.4 Å². The van der Waals surface area contributed by atoms with Gasteiger partial charge in [-0.05, 0) is 48.2 Å². The SMILES string of the molecule is CCSc1ccccc1C(=O)NCCOc1ccc2nnc(-c3ccc(F)cc3)n2n1. The van der Waals surface area contributed by atoms with Crippen LogP contribution in [0.1, 0.15) is 17.3 Å². The number of carbonyl (C=O) groups is 1. The summed E-state index contributed by atoms with van der Waals surface area (Å²) in [6, 6.07) is 16.9. The van der Waals surface area contributed by atoms with Crippen molar-refractivity contribution in [2.24, 2.45) is 0 Å². The second-order valence-corrected chi connectivity index (χ2v) is 7.81. The summed E-state index contributed by atoms with van der Waals surface area (Å²) >= 11 is 1.63. The average molecular weight is 438 g/mol. The molecule has 0 aliphatic rings. The van der Waals surface area contributed by atoms with Crippen molar-refractivity contribution in [3.63, 3.8) is 0 Å². The molecule has 4 rings (SSSR count). The summed E-state index contributed by atoms with van der Waals surface area (Å²) in [7, 11) is 0. The van der Waals surface area contributed by atoms with Gasteiger partial charge in [-0.15, -0.1) is 27.1 Å². The third kappa shape index (κ3) is 4.83. The monoisotopic (exact) mass is 437 g/mol. The van der Waals surface area contributed by atoms with Crippen LogP contribution in [0.5, 0.6) is 5.88 Å². The van der Waals surface area contributed by atoms with Crippen LogP contribution in [0.15, 0.2) is 65.6 Å². The molecule has 1 N–H and O–H groups in total. The fourth-order valence-corrected chi connectivity index (χ4v) is 3.78. The molecule has 2 aromatic carbocycles. The molecule has 0 aliphatic heterocycles. The van der Waals surface area contributed by atoms with Gasteiger partial charge in [0.1, 0.15) is 12.4 Å². The molecule has 0 aliphatic carbocycles. The number of rotatable bonds is 8. The van der Waals surface area contributed by atoms with Crippen LogP contribution in [-0.4, -0.2) is 44.6 Å². The minimum atomic E-state index is -0.326. The number of hydrogen-bond acceptors (Lipinski definition) is 6. The lowest BCUT2D eigenvalue weighted by molar-refractivity contribution is 0.0943. The standard InChI is InChI=1S/C22H20FN5O2S/c1-2-31-18-6-4-3-5-17(18)22(29)24-13-14-30-20-12-11-19-25-26-21(28(19)27-20)15-7-9-16(23)10-8-15/h3-12H,2,13-14H2,1H3,(H,24,29). The number of hydrogen-bond donors (Lipinski definition) is 1. The Morgan fingerprint density at radius 1 is 1.10 bits per heavy atom. The van der Waals surface area contributed by atoms with Gasteiger partial charge in [0, 0.05) is 16.5 Å². The van der Waals surface area contributed by atoms with Crippen LogP contribution in [-0.2, 0) is 0 Å². The van der Waals surface area contributed by atoms with Crippen molar-refractivity contribution in [1.82, 2.24) is 25.1 Å². The zero-order valence-electron chi connectivity index (χ0n) is 16.8. The normalized spacial score (nSPS) is 10.9. The Balaban J connectivity index is 1.39. The molecule has 9 heteroatoms. The summed E-state index contributed by atoms with van der Waals surface area (Å²) in [5.74, 6) is 1.28. The van der Waals surface area contributed by atoms with E-state index < -0.39 is 0 Å². The fraction of sp³-hybridized carbons (Fsp3) is 0.182. The summed E-state index contributed by atoms with van der Waals surface area (Å²) in [6.07, 6.45) is 0. The first-order chi connectivity index (χ1) is 15.2. The molecule has 1 amide bonds. The number of halogens is 1. The Labute approximate surface area is 182 Å². The van der Waals surface area contributed by atoms with Crippen molar-refractivity contribution < 1.29 is 13.9 Å². The lowest BCUT2D eigenvalue weighted by Gasteiger charge is -2.10. The fourth-order valence-electron chi connectivity index (χ4n) is 2.98. The van der Waals surface area contributed by atoms with Crippen LogP contribution >= 0.6 is 11.8 Å². The van der Waals surface area contributed by atoms with Crippen molar-refractivity contribution in [2.45, 2.75) is 11.8 Å². The maximum absolute atomic E-state index is 13.2. The maximum Gasteiger partial charge on any atom is 0.252 e. The number of nitrogens with one attached hydrogen (secondary N) is 1. The number of thioether (sulfide) groups is 1. The van der Waals surface area contributed by atoms with Crippen LogP contribution < -0.4 is 10.1 Å². The molecule has 4 aromatic rings. The molecule has 2 heterocycles. The molecule has 0 spiro atoms. The molecule has 0 unspecified atom stereocenters. The van der Waals surface area contributed by atoms with Crippen molar-refractivity contribution in [3.8, 4) is 17.3 Å². The predicted octanol–water partition coefficient (Wildman–Crippen LogP) is 3.85. The van der Waals surface area contributed by atoms with E-state index in [1.165, 1.54) is 12.1 Å². The van der Waals surface area contributed by atoms with Gasteiger partial charge in [0.15, 0.2) is 11.5 Å². The zero-order valence-corrected chi connectivity index (χ0v) is 17.6. The number of amides is 1. The Hall–Kier alpha value is -3.46. The van der Waals surface area contributed by atoms with E-state index in [-0.39, 0.29) is 18.3 Å². The Morgan fingerprint density at radius 3 is 2.71 bits per heavy atom. The minimum absolute atomic E-state index is 0.138. The molecule has 0 saturated carbocycles. The number of benzene rings is 2. The van der Waals surface area contributed by atoms with E-state index in [4.69, 9.17) is 4.74 Å². The molecular formula is C22H20FN5O2S. The van der Waals surface area contributed by atoms with Gasteiger partial charge in [0.25, 0.3) is 5.91 Å². The number of aromatic nitrogens is 4. The van der Waals surface area contributed by atoms with Crippen molar-refractivity contribution in [1.29, 1.82) is 0 Å². The summed E-state index contributed by atoms with van der Waals surface area (Å²) in [5, 5.41) is 15.5. The number of ether oxygens (including phenoxy) is 1. The second-order valence-electron chi connectivity index (χ2n) is 6.51. The minimum Gasteiger partial charge on any atom is -0.475 e. The van der Waals surface area contributed by atoms with Gasteiger partial charge in [-0.25, -0.2) is 4.39 Å². The van der Waals surface area contributed by atoms with E-state index in [9.17, 15) is 9.18 Å². The molecule has 0 radical (unpaired) electrons. The smallest absolute Gasteiger partial charge is 0.252 e. The highest BCUT2D eigenvalue weighted by Gasteiger charge is 2.12. The van der Waals surface area contributed by atoms with Crippen LogP contribution in [0, 0.1) is 5.82 Å². The first-order valence-corrected chi connectivity index (χ1v) is 10.8. The molecule has 31 heavy (non-hydrogen) atoms. The highest BCUT2D eigenvalue weighted by Crippen LogP contribution is 2.22. The van der Waals surface area contributed by atoms with Gasteiger partial charge in [0.2, 0.25) is 5.88 Å². The van der Waals surface area contributed by atoms with Crippen molar-refractivity contribution in [2.75, 3.05) is 18.9 Å². The largest absolute Gasteiger partial charge is 0.475 e. The maximum atomic E-state index is 13.2. The highest BCUT2D eigenvalue weighted by molar-refractivity contribution is 7.99. The average Bonchev–Trinajstić information content (AvgIpc) is 3.21. The Kier molecular flexibility index (Phi) is 6.42. The van der Waals surface area contributed by atoms with E-state index in [1.807, 2.05) is 31.2 Å². The van der Waals surface area contributed by atoms with E-state index in [0.29, 0.717) is 35.0 Å². The van der Waals surface area contributed by atoms with Crippen molar-refractivity contribution in [3.05, 3.63) is 72.0 Å². The second kappa shape index (κ2) is 9.57. The molecule has 0 bridgehead atoms. The summed E-state index contributed by atoms with van der Waals surface area (Å²) in [4.78, 5) is 13.4.